The first-order valence-electron chi connectivity index (χ1n) is 6.17. The third-order valence-corrected chi connectivity index (χ3v) is 3.73. The van der Waals surface area contributed by atoms with Gasteiger partial charge in [0.1, 0.15) is 47.0 Å². The molecule has 0 aliphatic carbocycles. The summed E-state index contributed by atoms with van der Waals surface area (Å²) in [4.78, 5) is 23.4. The van der Waals surface area contributed by atoms with E-state index in [4.69, 9.17) is 40.1 Å². The minimum atomic E-state index is 0.168. The van der Waals surface area contributed by atoms with Gasteiger partial charge in [-0.1, -0.05) is 24.4 Å². The van der Waals surface area contributed by atoms with E-state index >= 15 is 0 Å². The Bertz CT molecular complexity index is 1200. The fourth-order valence-electron chi connectivity index (χ4n) is 2.32. The molecule has 0 bridgehead atoms. The van der Waals surface area contributed by atoms with E-state index in [2.05, 4.69) is 29.9 Å². The van der Waals surface area contributed by atoms with Crippen LogP contribution in [-0.2, 0) is 0 Å². The summed E-state index contributed by atoms with van der Waals surface area (Å²) in [5.41, 5.74) is 3.97. The lowest BCUT2D eigenvalue weighted by atomic mass is 10.0. The minimum absolute atomic E-state index is 0.168. The van der Waals surface area contributed by atoms with Crippen molar-refractivity contribution in [2.24, 2.45) is 0 Å². The molecule has 22 heavy (non-hydrogen) atoms. The Hall–Kier alpha value is -2.19. The van der Waals surface area contributed by atoms with Crippen LogP contribution in [0.4, 0.5) is 0 Å². The molecule has 1 aromatic carbocycles. The molecular formula is C12H4B2N6S2. The van der Waals surface area contributed by atoms with Crippen molar-refractivity contribution in [1.29, 1.82) is 0 Å². The summed E-state index contributed by atoms with van der Waals surface area (Å²) < 4.78 is 0.685. The molecule has 0 fully saturated rings. The van der Waals surface area contributed by atoms with Gasteiger partial charge in [0.2, 0.25) is 0 Å². The van der Waals surface area contributed by atoms with Crippen LogP contribution in [0, 0.1) is 9.28 Å². The Morgan fingerprint density at radius 3 is 2.23 bits per heavy atom. The van der Waals surface area contributed by atoms with Gasteiger partial charge in [-0.3, -0.25) is 9.97 Å². The second-order valence-electron chi connectivity index (χ2n) is 4.64. The number of hydrogen-bond donors (Lipinski definition) is 2. The van der Waals surface area contributed by atoms with E-state index in [9.17, 15) is 0 Å². The molecule has 4 rings (SSSR count). The summed E-state index contributed by atoms with van der Waals surface area (Å²) in [6, 6.07) is 0. The molecule has 3 aromatic heterocycles. The maximum atomic E-state index is 5.80. The van der Waals surface area contributed by atoms with Gasteiger partial charge < -0.3 is 9.97 Å². The zero-order valence-corrected chi connectivity index (χ0v) is 12.5. The average Bonchev–Trinajstić information content (AvgIpc) is 2.49. The van der Waals surface area contributed by atoms with E-state index in [0.717, 1.165) is 0 Å². The Labute approximate surface area is 136 Å². The lowest BCUT2D eigenvalue weighted by Crippen LogP contribution is -2.14. The molecule has 100 valence electrons. The van der Waals surface area contributed by atoms with Crippen LogP contribution >= 0.6 is 24.4 Å². The third kappa shape index (κ3) is 1.87. The van der Waals surface area contributed by atoms with Gasteiger partial charge in [-0.2, -0.15) is 0 Å². The number of nitrogens with one attached hydrogen (secondary N) is 2. The van der Waals surface area contributed by atoms with Crippen LogP contribution in [0.15, 0.2) is 12.4 Å². The van der Waals surface area contributed by atoms with Crippen LogP contribution < -0.4 is 11.2 Å². The van der Waals surface area contributed by atoms with Crippen LogP contribution in [-0.4, -0.2) is 45.6 Å². The number of nitrogens with zero attached hydrogens (tertiary/aromatic N) is 4. The van der Waals surface area contributed by atoms with Crippen molar-refractivity contribution in [2.45, 2.75) is 0 Å². The van der Waals surface area contributed by atoms with Crippen molar-refractivity contribution in [3.63, 3.8) is 0 Å². The zero-order chi connectivity index (χ0) is 15.4. The predicted molar refractivity (Wildman–Crippen MR) is 91.3 cm³/mol. The van der Waals surface area contributed by atoms with Crippen molar-refractivity contribution in [2.75, 3.05) is 0 Å². The quantitative estimate of drug-likeness (QED) is 0.278. The van der Waals surface area contributed by atoms with Gasteiger partial charge in [-0.15, -0.1) is 0 Å². The summed E-state index contributed by atoms with van der Waals surface area (Å²) in [5.74, 6) is 0. The normalized spacial score (nSPS) is 11.5. The molecule has 6 nitrogen and oxygen atoms in total. The molecule has 0 unspecified atom stereocenters. The smallest absolute Gasteiger partial charge is 0.146 e. The Morgan fingerprint density at radius 1 is 0.818 bits per heavy atom. The number of aromatic amines is 2. The number of fused-ring (bicyclic) bond motifs is 6. The van der Waals surface area contributed by atoms with E-state index in [1.165, 1.54) is 6.20 Å². The lowest BCUT2D eigenvalue weighted by molar-refractivity contribution is 1.24. The summed E-state index contributed by atoms with van der Waals surface area (Å²) in [6.07, 6.45) is 3.05. The van der Waals surface area contributed by atoms with Crippen LogP contribution in [0.2, 0.25) is 0 Å². The summed E-state index contributed by atoms with van der Waals surface area (Å²) in [6.45, 7) is 0. The molecule has 4 aromatic rings. The Kier molecular flexibility index (Phi) is 2.85. The van der Waals surface area contributed by atoms with Gasteiger partial charge >= 0.3 is 0 Å². The van der Waals surface area contributed by atoms with Crippen molar-refractivity contribution in [3.05, 3.63) is 21.7 Å². The molecule has 0 aliphatic rings. The monoisotopic (exact) mass is 318 g/mol. The fourth-order valence-corrected chi connectivity index (χ4v) is 2.61. The first-order chi connectivity index (χ1) is 10.5. The van der Waals surface area contributed by atoms with Crippen molar-refractivity contribution in [3.8, 4) is 0 Å². The van der Waals surface area contributed by atoms with E-state index in [1.54, 1.807) is 6.20 Å². The first kappa shape index (κ1) is 13.5. The van der Waals surface area contributed by atoms with Gasteiger partial charge in [-0.05, 0) is 5.59 Å². The lowest BCUT2D eigenvalue weighted by Gasteiger charge is -2.09. The number of benzene rings is 1. The molecule has 0 spiro atoms. The van der Waals surface area contributed by atoms with Crippen molar-refractivity contribution < 1.29 is 0 Å². The van der Waals surface area contributed by atoms with E-state index in [-0.39, 0.29) is 10.2 Å². The molecule has 10 heteroatoms. The highest BCUT2D eigenvalue weighted by atomic mass is 32.1. The minimum Gasteiger partial charge on any atom is -0.364 e. The van der Waals surface area contributed by atoms with Crippen LogP contribution in [0.5, 0.6) is 0 Å². The average molecular weight is 318 g/mol. The van der Waals surface area contributed by atoms with Gasteiger partial charge in [0.25, 0.3) is 0 Å². The second-order valence-corrected chi connectivity index (χ2v) is 5.47. The Morgan fingerprint density at radius 2 is 1.45 bits per heavy atom. The molecule has 0 saturated heterocycles. The zero-order valence-electron chi connectivity index (χ0n) is 10.9. The number of hydrogen-bond acceptors (Lipinski definition) is 6. The molecule has 3 heterocycles. The molecular weight excluding hydrogens is 314 g/mol. The highest BCUT2D eigenvalue weighted by molar-refractivity contribution is 7.71. The highest BCUT2D eigenvalue weighted by Gasteiger charge is 2.14. The van der Waals surface area contributed by atoms with Gasteiger partial charge in [0.05, 0.1) is 17.2 Å². The third-order valence-electron chi connectivity index (χ3n) is 3.22. The van der Waals surface area contributed by atoms with E-state index in [0.29, 0.717) is 43.3 Å². The largest absolute Gasteiger partial charge is 0.364 e. The van der Waals surface area contributed by atoms with E-state index < -0.39 is 0 Å². The van der Waals surface area contributed by atoms with Crippen molar-refractivity contribution in [1.82, 2.24) is 29.9 Å². The van der Waals surface area contributed by atoms with Crippen LogP contribution in [0.1, 0.15) is 0 Å². The maximum Gasteiger partial charge on any atom is 0.146 e. The maximum absolute atomic E-state index is 5.80. The SMILES string of the molecule is [B]c1cnc2c3ncc(=S)[nH]c3c3nc(=S)c([B])nc3c2[nH]1. The molecule has 0 atom stereocenters. The molecule has 2 N–H and O–H groups in total. The summed E-state index contributed by atoms with van der Waals surface area (Å²) in [5, 5.41) is 0. The van der Waals surface area contributed by atoms with Gasteiger partial charge in [0.15, 0.2) is 0 Å². The number of rotatable bonds is 0. The van der Waals surface area contributed by atoms with Gasteiger partial charge in [0, 0.05) is 11.8 Å². The Balaban J connectivity index is 2.45. The second kappa shape index (κ2) is 4.65. The standard InChI is InChI=1S/C12H4B2N6S2/c13-3-1-15-5-6-8(18-4(21)2-16-6)10-9(7(5)17-3)19-11(14)12(22)20-10/h1-2,17H,(H,18,21). The fraction of sp³-hybridized carbons (Fsp3) is 0. The number of H-pyrrole nitrogens is 2. The predicted octanol–water partition coefficient (Wildman–Crippen LogP) is 0.429. The van der Waals surface area contributed by atoms with E-state index in [1.807, 2.05) is 0 Å². The van der Waals surface area contributed by atoms with Crippen LogP contribution in [0.25, 0.3) is 33.1 Å². The topological polar surface area (TPSA) is 83.1 Å². The first-order valence-corrected chi connectivity index (χ1v) is 6.99. The van der Waals surface area contributed by atoms with Gasteiger partial charge in [-0.25, -0.2) is 9.97 Å². The number of aromatic nitrogens is 6. The summed E-state index contributed by atoms with van der Waals surface area (Å²) >= 11 is 10.3. The van der Waals surface area contributed by atoms with Crippen molar-refractivity contribution >= 4 is 84.4 Å². The highest BCUT2D eigenvalue weighted by Crippen LogP contribution is 2.26. The molecule has 4 radical (unpaired) electrons. The molecule has 0 amide bonds. The van der Waals surface area contributed by atoms with Crippen LogP contribution in [0.3, 0.4) is 0 Å². The summed E-state index contributed by atoms with van der Waals surface area (Å²) in [7, 11) is 11.6. The molecule has 0 aliphatic heterocycles. The molecule has 0 saturated carbocycles.